The lowest BCUT2D eigenvalue weighted by Crippen LogP contribution is -1.91. The SMILES string of the molecule is O=[N+]([O-])c1cn[nH]c1C1CO1. The second-order valence-electron chi connectivity index (χ2n) is 2.25. The first-order valence-electron chi connectivity index (χ1n) is 3.08. The van der Waals surface area contributed by atoms with Crippen LogP contribution in [0.25, 0.3) is 0 Å². The number of aromatic nitrogens is 2. The molecule has 1 atom stereocenters. The van der Waals surface area contributed by atoms with Gasteiger partial charge < -0.3 is 4.74 Å². The summed E-state index contributed by atoms with van der Waals surface area (Å²) >= 11 is 0. The Kier molecular flexibility index (Phi) is 1.16. The van der Waals surface area contributed by atoms with Crippen LogP contribution in [0.5, 0.6) is 0 Å². The van der Waals surface area contributed by atoms with Crippen LogP contribution in [0.1, 0.15) is 11.8 Å². The molecule has 0 amide bonds. The van der Waals surface area contributed by atoms with Gasteiger partial charge >= 0.3 is 5.69 Å². The molecule has 0 radical (unpaired) electrons. The molecule has 2 rings (SSSR count). The van der Waals surface area contributed by atoms with Crippen LogP contribution >= 0.6 is 0 Å². The quantitative estimate of drug-likeness (QED) is 0.380. The monoisotopic (exact) mass is 155 g/mol. The van der Waals surface area contributed by atoms with Crippen LogP contribution in [0, 0.1) is 10.1 Å². The number of nitro groups is 1. The summed E-state index contributed by atoms with van der Waals surface area (Å²) < 4.78 is 4.87. The maximum absolute atomic E-state index is 10.3. The van der Waals surface area contributed by atoms with Crippen molar-refractivity contribution in [2.24, 2.45) is 0 Å². The van der Waals surface area contributed by atoms with E-state index in [0.717, 1.165) is 0 Å². The van der Waals surface area contributed by atoms with Gasteiger partial charge in [-0.2, -0.15) is 5.10 Å². The minimum atomic E-state index is -0.472. The Bertz CT molecular complexity index is 291. The molecule has 1 aromatic rings. The number of ether oxygens (including phenoxy) is 1. The van der Waals surface area contributed by atoms with Crippen LogP contribution in [0.4, 0.5) is 5.69 Å². The second kappa shape index (κ2) is 2.03. The highest BCUT2D eigenvalue weighted by atomic mass is 16.6. The van der Waals surface area contributed by atoms with Gasteiger partial charge in [0.15, 0.2) is 0 Å². The molecule has 0 aromatic carbocycles. The highest BCUT2D eigenvalue weighted by molar-refractivity contribution is 5.35. The molecule has 1 unspecified atom stereocenters. The first-order valence-corrected chi connectivity index (χ1v) is 3.08. The van der Waals surface area contributed by atoms with Crippen molar-refractivity contribution in [1.82, 2.24) is 10.2 Å². The van der Waals surface area contributed by atoms with Gasteiger partial charge in [-0.15, -0.1) is 0 Å². The number of nitrogens with one attached hydrogen (secondary N) is 1. The van der Waals surface area contributed by atoms with Gasteiger partial charge in [-0.05, 0) is 0 Å². The van der Waals surface area contributed by atoms with E-state index in [9.17, 15) is 10.1 Å². The fraction of sp³-hybridized carbons (Fsp3) is 0.400. The summed E-state index contributed by atoms with van der Waals surface area (Å²) in [6.07, 6.45) is 1.05. The summed E-state index contributed by atoms with van der Waals surface area (Å²) in [6, 6.07) is 0. The molecule has 0 spiro atoms. The Morgan fingerprint density at radius 2 is 2.64 bits per heavy atom. The van der Waals surface area contributed by atoms with Gasteiger partial charge in [0.05, 0.1) is 11.5 Å². The lowest BCUT2D eigenvalue weighted by molar-refractivity contribution is -0.385. The van der Waals surface area contributed by atoms with E-state index >= 15 is 0 Å². The maximum atomic E-state index is 10.3. The third kappa shape index (κ3) is 0.966. The standard InChI is InChI=1S/C5H5N3O3/c9-8(10)3-1-6-7-5(3)4-2-11-4/h1,4H,2H2,(H,6,7). The molecule has 1 fully saturated rings. The average Bonchev–Trinajstić information content (AvgIpc) is 2.68. The summed E-state index contributed by atoms with van der Waals surface area (Å²) in [7, 11) is 0. The molecule has 1 aromatic heterocycles. The van der Waals surface area contributed by atoms with Crippen LogP contribution in [-0.4, -0.2) is 21.7 Å². The van der Waals surface area contributed by atoms with E-state index in [1.54, 1.807) is 0 Å². The van der Waals surface area contributed by atoms with Crippen molar-refractivity contribution in [3.05, 3.63) is 22.0 Å². The minimum Gasteiger partial charge on any atom is -0.366 e. The third-order valence-corrected chi connectivity index (χ3v) is 1.50. The molecule has 1 saturated heterocycles. The van der Waals surface area contributed by atoms with Crippen molar-refractivity contribution in [2.75, 3.05) is 6.61 Å². The molecule has 1 aliphatic rings. The van der Waals surface area contributed by atoms with Crippen molar-refractivity contribution in [2.45, 2.75) is 6.10 Å². The van der Waals surface area contributed by atoms with Gasteiger partial charge in [0.25, 0.3) is 0 Å². The van der Waals surface area contributed by atoms with Crippen LogP contribution in [0.3, 0.4) is 0 Å². The van der Waals surface area contributed by atoms with Gasteiger partial charge in [-0.1, -0.05) is 0 Å². The smallest absolute Gasteiger partial charge is 0.312 e. The van der Waals surface area contributed by atoms with Gasteiger partial charge in [0.1, 0.15) is 18.0 Å². The number of rotatable bonds is 2. The molecule has 1 aliphatic heterocycles. The van der Waals surface area contributed by atoms with Crippen molar-refractivity contribution < 1.29 is 9.66 Å². The molecule has 58 valence electrons. The first kappa shape index (κ1) is 6.29. The van der Waals surface area contributed by atoms with Crippen molar-refractivity contribution in [1.29, 1.82) is 0 Å². The summed E-state index contributed by atoms with van der Waals surface area (Å²) in [5.74, 6) is 0. The number of epoxide rings is 1. The summed E-state index contributed by atoms with van der Waals surface area (Å²) in [6.45, 7) is 0.545. The van der Waals surface area contributed by atoms with Crippen LogP contribution < -0.4 is 0 Å². The number of aromatic amines is 1. The Labute approximate surface area is 61.3 Å². The normalized spacial score (nSPS) is 21.6. The Morgan fingerprint density at radius 1 is 1.91 bits per heavy atom. The van der Waals surface area contributed by atoms with E-state index < -0.39 is 4.92 Å². The summed E-state index contributed by atoms with van der Waals surface area (Å²) in [4.78, 5) is 9.83. The predicted molar refractivity (Wildman–Crippen MR) is 33.9 cm³/mol. The van der Waals surface area contributed by atoms with Gasteiger partial charge in [-0.3, -0.25) is 15.2 Å². The van der Waals surface area contributed by atoms with Crippen molar-refractivity contribution in [3.63, 3.8) is 0 Å². The highest BCUT2D eigenvalue weighted by Crippen LogP contribution is 2.33. The van der Waals surface area contributed by atoms with E-state index in [4.69, 9.17) is 4.74 Å². The van der Waals surface area contributed by atoms with E-state index in [1.165, 1.54) is 6.20 Å². The Balaban J connectivity index is 2.37. The summed E-state index contributed by atoms with van der Waals surface area (Å²) in [5, 5.41) is 16.4. The molecular formula is C5H5N3O3. The Morgan fingerprint density at radius 3 is 3.18 bits per heavy atom. The fourth-order valence-electron chi connectivity index (χ4n) is 0.887. The van der Waals surface area contributed by atoms with Crippen molar-refractivity contribution >= 4 is 5.69 Å². The average molecular weight is 155 g/mol. The molecule has 6 nitrogen and oxygen atoms in total. The largest absolute Gasteiger partial charge is 0.366 e. The zero-order valence-corrected chi connectivity index (χ0v) is 5.48. The predicted octanol–water partition coefficient (Wildman–Crippen LogP) is 0.389. The molecule has 6 heteroatoms. The lowest BCUT2D eigenvalue weighted by Gasteiger charge is -1.87. The topological polar surface area (TPSA) is 84.3 Å². The molecule has 0 bridgehead atoms. The molecular weight excluding hydrogens is 150 g/mol. The fourth-order valence-corrected chi connectivity index (χ4v) is 0.887. The van der Waals surface area contributed by atoms with Crippen LogP contribution in [0.15, 0.2) is 6.20 Å². The number of H-pyrrole nitrogens is 1. The zero-order valence-electron chi connectivity index (χ0n) is 5.48. The van der Waals surface area contributed by atoms with E-state index in [2.05, 4.69) is 10.2 Å². The minimum absolute atomic E-state index is 0.00694. The van der Waals surface area contributed by atoms with Gasteiger partial charge in [0.2, 0.25) is 0 Å². The molecule has 0 saturated carbocycles. The lowest BCUT2D eigenvalue weighted by atomic mass is 10.3. The molecule has 11 heavy (non-hydrogen) atoms. The first-order chi connectivity index (χ1) is 5.29. The molecule has 0 aliphatic carbocycles. The van der Waals surface area contributed by atoms with E-state index in [1.807, 2.05) is 0 Å². The van der Waals surface area contributed by atoms with E-state index in [0.29, 0.717) is 12.3 Å². The number of nitrogens with zero attached hydrogens (tertiary/aromatic N) is 2. The molecule has 2 heterocycles. The van der Waals surface area contributed by atoms with Crippen LogP contribution in [0.2, 0.25) is 0 Å². The second-order valence-corrected chi connectivity index (χ2v) is 2.25. The van der Waals surface area contributed by atoms with Crippen molar-refractivity contribution in [3.8, 4) is 0 Å². The zero-order chi connectivity index (χ0) is 7.84. The summed E-state index contributed by atoms with van der Waals surface area (Å²) in [5.41, 5.74) is 0.475. The van der Waals surface area contributed by atoms with Crippen LogP contribution in [-0.2, 0) is 4.74 Å². The Hall–Kier alpha value is -1.43. The number of hydrogen-bond donors (Lipinski definition) is 1. The number of hydrogen-bond acceptors (Lipinski definition) is 4. The van der Waals surface area contributed by atoms with E-state index in [-0.39, 0.29) is 11.8 Å². The van der Waals surface area contributed by atoms with Gasteiger partial charge in [0, 0.05) is 0 Å². The van der Waals surface area contributed by atoms with Gasteiger partial charge in [-0.25, -0.2) is 0 Å². The third-order valence-electron chi connectivity index (χ3n) is 1.50. The molecule has 1 N–H and O–H groups in total. The maximum Gasteiger partial charge on any atom is 0.312 e. The highest BCUT2D eigenvalue weighted by Gasteiger charge is 2.33.